The highest BCUT2D eigenvalue weighted by atomic mass is 19.4. The van der Waals surface area contributed by atoms with Gasteiger partial charge in [0.25, 0.3) is 0 Å². The Bertz CT molecular complexity index is 1290. The fourth-order valence-electron chi connectivity index (χ4n) is 4.34. The first-order chi connectivity index (χ1) is 16.2. The second-order valence-electron chi connectivity index (χ2n) is 9.27. The molecular formula is C26H22F4O5. The Labute approximate surface area is 198 Å². The lowest BCUT2D eigenvalue weighted by Crippen LogP contribution is -2.36. The molecule has 0 saturated heterocycles. The summed E-state index contributed by atoms with van der Waals surface area (Å²) in [6.07, 6.45) is -4.68. The van der Waals surface area contributed by atoms with Crippen LogP contribution in [0.15, 0.2) is 65.1 Å². The molecule has 4 rings (SSSR count). The third-order valence-corrected chi connectivity index (χ3v) is 6.49. The molecule has 0 aliphatic heterocycles. The molecule has 2 aromatic carbocycles. The second kappa shape index (κ2) is 8.25. The van der Waals surface area contributed by atoms with Crippen LogP contribution in [0.1, 0.15) is 44.2 Å². The van der Waals surface area contributed by atoms with Crippen molar-refractivity contribution in [2.45, 2.75) is 39.3 Å². The molecule has 1 fully saturated rings. The molecule has 5 nitrogen and oxygen atoms in total. The van der Waals surface area contributed by atoms with Crippen LogP contribution in [-0.4, -0.2) is 21.8 Å². The zero-order valence-electron chi connectivity index (χ0n) is 19.0. The van der Waals surface area contributed by atoms with E-state index in [1.54, 1.807) is 0 Å². The van der Waals surface area contributed by atoms with Crippen molar-refractivity contribution < 1.29 is 42.1 Å². The van der Waals surface area contributed by atoms with Gasteiger partial charge in [-0.25, -0.2) is 4.39 Å². The lowest BCUT2D eigenvalue weighted by Gasteiger charge is -2.29. The van der Waals surface area contributed by atoms with Gasteiger partial charge < -0.3 is 14.9 Å². The maximum Gasteiger partial charge on any atom is 0.416 e. The van der Waals surface area contributed by atoms with Gasteiger partial charge in [-0.1, -0.05) is 6.07 Å². The quantitative estimate of drug-likeness (QED) is 0.366. The Morgan fingerprint density at radius 3 is 2.26 bits per heavy atom. The number of hydrogen-bond donors (Lipinski definition) is 2. The highest BCUT2D eigenvalue weighted by Crippen LogP contribution is 2.54. The molecule has 2 unspecified atom stereocenters. The van der Waals surface area contributed by atoms with Crippen molar-refractivity contribution in [3.8, 4) is 11.5 Å². The van der Waals surface area contributed by atoms with Gasteiger partial charge in [-0.05, 0) is 75.1 Å². The number of rotatable bonds is 5. The van der Waals surface area contributed by atoms with E-state index in [0.717, 1.165) is 18.2 Å². The van der Waals surface area contributed by atoms with Crippen LogP contribution in [0.5, 0.6) is 11.5 Å². The summed E-state index contributed by atoms with van der Waals surface area (Å²) in [6, 6.07) is 8.15. The molecule has 2 aliphatic rings. The summed E-state index contributed by atoms with van der Waals surface area (Å²) in [6.45, 7) is 4.16. The van der Waals surface area contributed by atoms with E-state index in [9.17, 15) is 37.4 Å². The summed E-state index contributed by atoms with van der Waals surface area (Å²) >= 11 is 0. The van der Waals surface area contributed by atoms with Gasteiger partial charge in [-0.15, -0.1) is 0 Å². The predicted octanol–water partition coefficient (Wildman–Crippen LogP) is 6.56. The molecule has 9 heteroatoms. The van der Waals surface area contributed by atoms with Gasteiger partial charge in [-0.2, -0.15) is 13.2 Å². The molecule has 1 saturated carbocycles. The van der Waals surface area contributed by atoms with Crippen LogP contribution >= 0.6 is 0 Å². The Hall–Kier alpha value is -3.62. The van der Waals surface area contributed by atoms with Crippen LogP contribution in [0.4, 0.5) is 17.6 Å². The van der Waals surface area contributed by atoms with Crippen LogP contribution < -0.4 is 4.74 Å². The maximum absolute atomic E-state index is 13.9. The standard InChI is InChI=1S/C26H22F4O5/c1-12-21(31)20(24(34)25(2,3)23(12)33)22(32)18-11-17(18)16-9-8-15(10-19(16)26(28,29)30)35-14-6-4-13(27)5-7-14/h4-10,17-18,31,33H,11H2,1-3H3. The van der Waals surface area contributed by atoms with Gasteiger partial charge in [0.1, 0.15) is 34.4 Å². The highest BCUT2D eigenvalue weighted by molar-refractivity contribution is 6.25. The summed E-state index contributed by atoms with van der Waals surface area (Å²) in [5.41, 5.74) is -3.07. The molecular weight excluding hydrogens is 468 g/mol. The van der Waals surface area contributed by atoms with Crippen LogP contribution in [0.3, 0.4) is 0 Å². The molecule has 0 aromatic heterocycles. The third-order valence-electron chi connectivity index (χ3n) is 6.49. The molecule has 0 amide bonds. The number of benzene rings is 2. The summed E-state index contributed by atoms with van der Waals surface area (Å²) in [5, 5.41) is 20.6. The van der Waals surface area contributed by atoms with Crippen molar-refractivity contribution in [3.05, 3.63) is 82.1 Å². The maximum atomic E-state index is 13.9. The first kappa shape index (κ1) is 24.5. The van der Waals surface area contributed by atoms with Gasteiger partial charge in [-0.3, -0.25) is 9.59 Å². The molecule has 2 aliphatic carbocycles. The van der Waals surface area contributed by atoms with E-state index in [1.807, 2.05) is 0 Å². The van der Waals surface area contributed by atoms with E-state index < -0.39 is 57.7 Å². The number of Topliss-reactive ketones (excluding diaryl/α,β-unsaturated/α-hetero) is 2. The van der Waals surface area contributed by atoms with Gasteiger partial charge in [0.2, 0.25) is 0 Å². The lowest BCUT2D eigenvalue weighted by atomic mass is 9.74. The highest BCUT2D eigenvalue weighted by Gasteiger charge is 2.53. The molecule has 2 aromatic rings. The van der Waals surface area contributed by atoms with Crippen molar-refractivity contribution in [2.75, 3.05) is 0 Å². The lowest BCUT2D eigenvalue weighted by molar-refractivity contribution is -0.138. The van der Waals surface area contributed by atoms with Crippen LogP contribution in [0.2, 0.25) is 0 Å². The first-order valence-electron chi connectivity index (χ1n) is 10.8. The summed E-state index contributed by atoms with van der Waals surface area (Å²) in [7, 11) is 0. The largest absolute Gasteiger partial charge is 0.511 e. The molecule has 0 bridgehead atoms. The minimum atomic E-state index is -4.75. The van der Waals surface area contributed by atoms with Gasteiger partial charge in [0, 0.05) is 11.5 Å². The van der Waals surface area contributed by atoms with Crippen LogP contribution in [-0.2, 0) is 15.8 Å². The van der Waals surface area contributed by atoms with Crippen molar-refractivity contribution in [3.63, 3.8) is 0 Å². The Morgan fingerprint density at radius 2 is 1.66 bits per heavy atom. The molecule has 35 heavy (non-hydrogen) atoms. The zero-order valence-corrected chi connectivity index (χ0v) is 19.0. The van der Waals surface area contributed by atoms with Crippen molar-refractivity contribution in [2.24, 2.45) is 11.3 Å². The zero-order chi connectivity index (χ0) is 25.9. The second-order valence-corrected chi connectivity index (χ2v) is 9.27. The smallest absolute Gasteiger partial charge is 0.416 e. The fourth-order valence-corrected chi connectivity index (χ4v) is 4.34. The van der Waals surface area contributed by atoms with Gasteiger partial charge >= 0.3 is 6.18 Å². The number of aliphatic hydroxyl groups is 2. The van der Waals surface area contributed by atoms with Gasteiger partial charge in [0.05, 0.1) is 11.0 Å². The number of halogens is 4. The fraction of sp³-hybridized carbons (Fsp3) is 0.308. The normalized spacial score (nSPS) is 21.9. The number of ether oxygens (including phenoxy) is 1. The number of ketones is 2. The summed E-state index contributed by atoms with van der Waals surface area (Å²) in [4.78, 5) is 26.0. The summed E-state index contributed by atoms with van der Waals surface area (Å²) < 4.78 is 60.1. The monoisotopic (exact) mass is 490 g/mol. The van der Waals surface area contributed by atoms with Crippen molar-refractivity contribution in [1.29, 1.82) is 0 Å². The number of carbonyl (C=O) groups excluding carboxylic acids is 2. The number of hydrogen-bond acceptors (Lipinski definition) is 5. The third kappa shape index (κ3) is 4.31. The van der Waals surface area contributed by atoms with E-state index in [4.69, 9.17) is 4.74 Å². The molecule has 2 N–H and O–H groups in total. The topological polar surface area (TPSA) is 83.8 Å². The van der Waals surface area contributed by atoms with E-state index in [0.29, 0.717) is 0 Å². The predicted molar refractivity (Wildman–Crippen MR) is 118 cm³/mol. The van der Waals surface area contributed by atoms with E-state index in [-0.39, 0.29) is 34.8 Å². The molecule has 2 atom stereocenters. The SMILES string of the molecule is CC1=C(O)C(C)(C)C(=O)C(C(=O)C2CC2c2ccc(Oc3ccc(F)cc3)cc2C(F)(F)F)=C1O. The average molecular weight is 490 g/mol. The Morgan fingerprint density at radius 1 is 1.06 bits per heavy atom. The number of alkyl halides is 3. The Kier molecular flexibility index (Phi) is 5.78. The van der Waals surface area contributed by atoms with Crippen LogP contribution in [0.25, 0.3) is 0 Å². The average Bonchev–Trinajstić information content (AvgIpc) is 3.59. The molecule has 0 heterocycles. The molecule has 0 radical (unpaired) electrons. The van der Waals surface area contributed by atoms with Gasteiger partial charge in [0.15, 0.2) is 11.6 Å². The van der Waals surface area contributed by atoms with Crippen molar-refractivity contribution >= 4 is 11.6 Å². The van der Waals surface area contributed by atoms with E-state index in [2.05, 4.69) is 0 Å². The van der Waals surface area contributed by atoms with E-state index >= 15 is 0 Å². The number of allylic oxidation sites excluding steroid dienone is 3. The number of aliphatic hydroxyl groups excluding tert-OH is 2. The summed E-state index contributed by atoms with van der Waals surface area (Å²) in [5.74, 6) is -4.77. The minimum Gasteiger partial charge on any atom is -0.511 e. The van der Waals surface area contributed by atoms with E-state index in [1.165, 1.54) is 45.0 Å². The van der Waals surface area contributed by atoms with Crippen LogP contribution in [0, 0.1) is 17.2 Å². The van der Waals surface area contributed by atoms with Crippen molar-refractivity contribution in [1.82, 2.24) is 0 Å². The first-order valence-corrected chi connectivity index (χ1v) is 10.8. The molecule has 0 spiro atoms. The number of carbonyl (C=O) groups is 2. The molecule has 184 valence electrons. The minimum absolute atomic E-state index is 0.0200. The Balaban J connectivity index is 1.64.